The van der Waals surface area contributed by atoms with Crippen molar-refractivity contribution in [3.63, 3.8) is 0 Å². The fourth-order valence-electron chi connectivity index (χ4n) is 1.91. The monoisotopic (exact) mass is 229 g/mol. The molecule has 0 fully saturated rings. The second-order valence-electron chi connectivity index (χ2n) is 4.24. The van der Waals surface area contributed by atoms with Gasteiger partial charge in [0, 0.05) is 6.20 Å². The quantitative estimate of drug-likeness (QED) is 0.873. The highest BCUT2D eigenvalue weighted by Gasteiger charge is 2.05. The van der Waals surface area contributed by atoms with Gasteiger partial charge in [0.25, 0.3) is 0 Å². The Bertz CT molecular complexity index is 483. The van der Waals surface area contributed by atoms with E-state index in [0.29, 0.717) is 6.54 Å². The lowest BCUT2D eigenvalue weighted by Gasteiger charge is -2.02. The molecule has 3 heteroatoms. The molecule has 0 atom stereocenters. The molecule has 0 aliphatic rings. The van der Waals surface area contributed by atoms with Crippen LogP contribution < -0.4 is 5.73 Å². The highest BCUT2D eigenvalue weighted by atomic mass is 15.3. The number of aryl methyl sites for hydroxylation is 2. The molecule has 0 amide bonds. The number of nitrogens with zero attached hydrogens (tertiary/aromatic N) is 2. The summed E-state index contributed by atoms with van der Waals surface area (Å²) in [7, 11) is 0. The lowest BCUT2D eigenvalue weighted by Crippen LogP contribution is -2.02. The van der Waals surface area contributed by atoms with Crippen molar-refractivity contribution >= 4 is 0 Å². The molecule has 2 N–H and O–H groups in total. The van der Waals surface area contributed by atoms with Crippen LogP contribution in [0, 0.1) is 6.92 Å². The molecule has 0 radical (unpaired) electrons. The van der Waals surface area contributed by atoms with Crippen LogP contribution in [-0.2, 0) is 12.8 Å². The molecule has 0 spiro atoms. The van der Waals surface area contributed by atoms with Crippen molar-refractivity contribution in [2.24, 2.45) is 5.73 Å². The Hall–Kier alpha value is -1.61. The SMILES string of the molecule is CCc1ccc(-n2cc(CCN)c(C)n2)cc1. The van der Waals surface area contributed by atoms with E-state index in [0.717, 1.165) is 24.2 Å². The molecule has 1 aromatic heterocycles. The maximum atomic E-state index is 5.58. The van der Waals surface area contributed by atoms with E-state index in [4.69, 9.17) is 5.73 Å². The third-order valence-electron chi connectivity index (χ3n) is 3.02. The molecular weight excluding hydrogens is 210 g/mol. The first-order valence-electron chi connectivity index (χ1n) is 6.09. The van der Waals surface area contributed by atoms with Crippen LogP contribution in [-0.4, -0.2) is 16.3 Å². The maximum absolute atomic E-state index is 5.58. The predicted molar refractivity (Wildman–Crippen MR) is 70.4 cm³/mol. The Labute approximate surface area is 102 Å². The molecule has 90 valence electrons. The Morgan fingerprint density at radius 1 is 1.24 bits per heavy atom. The minimum absolute atomic E-state index is 0.668. The van der Waals surface area contributed by atoms with Crippen molar-refractivity contribution in [1.82, 2.24) is 9.78 Å². The normalized spacial score (nSPS) is 10.8. The van der Waals surface area contributed by atoms with E-state index in [2.05, 4.69) is 42.5 Å². The van der Waals surface area contributed by atoms with Gasteiger partial charge in [-0.15, -0.1) is 0 Å². The van der Waals surface area contributed by atoms with Crippen molar-refractivity contribution < 1.29 is 0 Å². The Kier molecular flexibility index (Phi) is 3.59. The molecule has 0 bridgehead atoms. The average molecular weight is 229 g/mol. The van der Waals surface area contributed by atoms with Gasteiger partial charge in [0.2, 0.25) is 0 Å². The molecule has 0 saturated carbocycles. The van der Waals surface area contributed by atoms with Crippen LogP contribution in [0.4, 0.5) is 0 Å². The first-order chi connectivity index (χ1) is 8.24. The molecule has 0 unspecified atom stereocenters. The summed E-state index contributed by atoms with van der Waals surface area (Å²) in [6, 6.07) is 8.51. The van der Waals surface area contributed by atoms with E-state index < -0.39 is 0 Å². The average Bonchev–Trinajstić information content (AvgIpc) is 2.72. The van der Waals surface area contributed by atoms with Crippen molar-refractivity contribution in [3.8, 4) is 5.69 Å². The fourth-order valence-corrected chi connectivity index (χ4v) is 1.91. The van der Waals surface area contributed by atoms with Crippen molar-refractivity contribution in [2.75, 3.05) is 6.54 Å². The standard InChI is InChI=1S/C14H19N3/c1-3-12-4-6-14(7-5-12)17-10-13(8-9-15)11(2)16-17/h4-7,10H,3,8-9,15H2,1-2H3. The van der Waals surface area contributed by atoms with Gasteiger partial charge in [-0.05, 0) is 49.6 Å². The van der Waals surface area contributed by atoms with Crippen LogP contribution in [0.15, 0.2) is 30.5 Å². The number of benzene rings is 1. The van der Waals surface area contributed by atoms with E-state index in [-0.39, 0.29) is 0 Å². The summed E-state index contributed by atoms with van der Waals surface area (Å²) in [5, 5.41) is 4.52. The Morgan fingerprint density at radius 3 is 2.53 bits per heavy atom. The van der Waals surface area contributed by atoms with E-state index >= 15 is 0 Å². The first kappa shape index (κ1) is 11.9. The summed E-state index contributed by atoms with van der Waals surface area (Å²) in [4.78, 5) is 0. The summed E-state index contributed by atoms with van der Waals surface area (Å²) in [6.45, 7) is 4.86. The second-order valence-corrected chi connectivity index (χ2v) is 4.24. The highest BCUT2D eigenvalue weighted by Crippen LogP contribution is 2.13. The second kappa shape index (κ2) is 5.15. The van der Waals surface area contributed by atoms with Crippen LogP contribution in [0.2, 0.25) is 0 Å². The van der Waals surface area contributed by atoms with Gasteiger partial charge in [-0.1, -0.05) is 19.1 Å². The predicted octanol–water partition coefficient (Wildman–Crippen LogP) is 2.24. The zero-order valence-electron chi connectivity index (χ0n) is 10.5. The third-order valence-corrected chi connectivity index (χ3v) is 3.02. The van der Waals surface area contributed by atoms with Gasteiger partial charge in [0.15, 0.2) is 0 Å². The molecular formula is C14H19N3. The fraction of sp³-hybridized carbons (Fsp3) is 0.357. The molecule has 0 aliphatic carbocycles. The van der Waals surface area contributed by atoms with Crippen LogP contribution in [0.3, 0.4) is 0 Å². The van der Waals surface area contributed by atoms with Crippen molar-refractivity contribution in [3.05, 3.63) is 47.3 Å². The van der Waals surface area contributed by atoms with Gasteiger partial charge in [0.1, 0.15) is 0 Å². The summed E-state index contributed by atoms with van der Waals surface area (Å²) in [5.41, 5.74) is 10.3. The van der Waals surface area contributed by atoms with Gasteiger partial charge in [-0.3, -0.25) is 0 Å². The lowest BCUT2D eigenvalue weighted by molar-refractivity contribution is 0.861. The van der Waals surface area contributed by atoms with E-state index in [1.165, 1.54) is 11.1 Å². The van der Waals surface area contributed by atoms with Crippen LogP contribution in [0.5, 0.6) is 0 Å². The summed E-state index contributed by atoms with van der Waals surface area (Å²) in [5.74, 6) is 0. The molecule has 2 rings (SSSR count). The van der Waals surface area contributed by atoms with E-state index in [9.17, 15) is 0 Å². The smallest absolute Gasteiger partial charge is 0.0645 e. The molecule has 3 nitrogen and oxygen atoms in total. The topological polar surface area (TPSA) is 43.8 Å². The number of rotatable bonds is 4. The molecule has 0 aliphatic heterocycles. The Morgan fingerprint density at radius 2 is 1.94 bits per heavy atom. The van der Waals surface area contributed by atoms with Crippen LogP contribution in [0.1, 0.15) is 23.7 Å². The van der Waals surface area contributed by atoms with Crippen molar-refractivity contribution in [2.45, 2.75) is 26.7 Å². The lowest BCUT2D eigenvalue weighted by atomic mass is 10.1. The summed E-state index contributed by atoms with van der Waals surface area (Å²) < 4.78 is 1.93. The van der Waals surface area contributed by atoms with Gasteiger partial charge in [-0.2, -0.15) is 5.10 Å². The molecule has 1 heterocycles. The minimum atomic E-state index is 0.668. The van der Waals surface area contributed by atoms with Crippen molar-refractivity contribution in [1.29, 1.82) is 0 Å². The van der Waals surface area contributed by atoms with Crippen LogP contribution in [0.25, 0.3) is 5.69 Å². The Balaban J connectivity index is 2.29. The van der Waals surface area contributed by atoms with Gasteiger partial charge in [0.05, 0.1) is 11.4 Å². The minimum Gasteiger partial charge on any atom is -0.330 e. The third kappa shape index (κ3) is 2.56. The van der Waals surface area contributed by atoms with E-state index in [1.807, 2.05) is 11.6 Å². The largest absolute Gasteiger partial charge is 0.330 e. The number of nitrogens with two attached hydrogens (primary N) is 1. The molecule has 17 heavy (non-hydrogen) atoms. The molecule has 2 aromatic rings. The van der Waals surface area contributed by atoms with Gasteiger partial charge in [-0.25, -0.2) is 4.68 Å². The van der Waals surface area contributed by atoms with E-state index in [1.54, 1.807) is 0 Å². The number of aromatic nitrogens is 2. The van der Waals surface area contributed by atoms with Gasteiger partial charge >= 0.3 is 0 Å². The maximum Gasteiger partial charge on any atom is 0.0645 e. The highest BCUT2D eigenvalue weighted by molar-refractivity contribution is 5.35. The molecule has 1 aromatic carbocycles. The number of hydrogen-bond acceptors (Lipinski definition) is 2. The zero-order chi connectivity index (χ0) is 12.3. The summed E-state index contributed by atoms with van der Waals surface area (Å²) in [6.07, 6.45) is 4.03. The zero-order valence-corrected chi connectivity index (χ0v) is 10.5. The number of hydrogen-bond donors (Lipinski definition) is 1. The van der Waals surface area contributed by atoms with Crippen LogP contribution >= 0.6 is 0 Å². The summed E-state index contributed by atoms with van der Waals surface area (Å²) >= 11 is 0. The van der Waals surface area contributed by atoms with Gasteiger partial charge < -0.3 is 5.73 Å². The first-order valence-corrected chi connectivity index (χ1v) is 6.09. The molecule has 0 saturated heterocycles.